The number of pyridine rings is 1. The Bertz CT molecular complexity index is 1490. The highest BCUT2D eigenvalue weighted by molar-refractivity contribution is 6.05. The Kier molecular flexibility index (Phi) is 5.23. The summed E-state index contributed by atoms with van der Waals surface area (Å²) in [4.78, 5) is 38.5. The van der Waals surface area contributed by atoms with E-state index in [1.54, 1.807) is 31.3 Å². The number of H-pyrrole nitrogens is 2. The molecule has 2 N–H and O–H groups in total. The molecule has 3 aromatic heterocycles. The molecule has 1 aromatic carbocycles. The lowest BCUT2D eigenvalue weighted by Gasteiger charge is -2.27. The summed E-state index contributed by atoms with van der Waals surface area (Å²) < 4.78 is 15.9. The van der Waals surface area contributed by atoms with Crippen LogP contribution in [0.1, 0.15) is 35.0 Å². The third-order valence-corrected chi connectivity index (χ3v) is 6.48. The smallest absolute Gasteiger partial charge is 0.269 e. The van der Waals surface area contributed by atoms with E-state index in [1.165, 1.54) is 11.8 Å². The predicted molar refractivity (Wildman–Crippen MR) is 131 cm³/mol. The predicted octanol–water partition coefficient (Wildman–Crippen LogP) is 4.50. The van der Waals surface area contributed by atoms with Crippen LogP contribution in [-0.4, -0.2) is 63.8 Å². The van der Waals surface area contributed by atoms with E-state index in [2.05, 4.69) is 15.0 Å². The van der Waals surface area contributed by atoms with Crippen molar-refractivity contribution < 1.29 is 14.0 Å². The minimum absolute atomic E-state index is 0.0383. The summed E-state index contributed by atoms with van der Waals surface area (Å²) in [6.45, 7) is 4.49. The first-order valence-electron chi connectivity index (χ1n) is 11.2. The van der Waals surface area contributed by atoms with Gasteiger partial charge in [0.1, 0.15) is 11.3 Å². The molecule has 1 aliphatic rings. The number of hydrogen-bond acceptors (Lipinski definition) is 3. The first kappa shape index (κ1) is 21.9. The van der Waals surface area contributed by atoms with Crippen molar-refractivity contribution in [2.24, 2.45) is 0 Å². The van der Waals surface area contributed by atoms with Crippen LogP contribution < -0.4 is 0 Å². The van der Waals surface area contributed by atoms with E-state index in [-0.39, 0.29) is 17.3 Å². The Balaban J connectivity index is 1.76. The van der Waals surface area contributed by atoms with E-state index in [9.17, 15) is 9.59 Å². The number of carbonyl (C=O) groups is 2. The lowest BCUT2D eigenvalue weighted by molar-refractivity contribution is -0.128. The molecule has 4 aromatic rings. The van der Waals surface area contributed by atoms with Crippen molar-refractivity contribution in [2.75, 3.05) is 27.2 Å². The van der Waals surface area contributed by atoms with Gasteiger partial charge in [0.05, 0.1) is 5.52 Å². The van der Waals surface area contributed by atoms with E-state index in [4.69, 9.17) is 0 Å². The molecule has 0 radical (unpaired) electrons. The number of aryl methyl sites for hydroxylation is 1. The number of rotatable bonds is 3. The van der Waals surface area contributed by atoms with Crippen molar-refractivity contribution in [1.29, 1.82) is 0 Å². The Morgan fingerprint density at radius 1 is 1.15 bits per heavy atom. The number of hydrogen-bond donors (Lipinski definition) is 2. The van der Waals surface area contributed by atoms with Gasteiger partial charge in [-0.15, -0.1) is 0 Å². The second-order valence-corrected chi connectivity index (χ2v) is 9.01. The second kappa shape index (κ2) is 8.13. The number of aromatic amines is 2. The molecule has 1 aliphatic heterocycles. The Morgan fingerprint density at radius 2 is 1.94 bits per heavy atom. The minimum atomic E-state index is -0.430. The van der Waals surface area contributed by atoms with Crippen LogP contribution in [0.5, 0.6) is 0 Å². The van der Waals surface area contributed by atoms with E-state index in [0.717, 1.165) is 33.3 Å². The monoisotopic (exact) mass is 459 g/mol. The SMILES string of the molecule is CC(=O)N1CCC=C(c2cc(-c3cnc4[nH]cc(C)c4c3)c3cc(C(=O)N(C)C)[nH]c3c2F)C1. The molecule has 0 bridgehead atoms. The molecule has 0 fully saturated rings. The Morgan fingerprint density at radius 3 is 2.68 bits per heavy atom. The number of amides is 2. The van der Waals surface area contributed by atoms with Crippen LogP contribution >= 0.6 is 0 Å². The Hall–Kier alpha value is -3.94. The standard InChI is InChI=1S/C26H26FN5O2/c1-14-11-28-25-18(14)8-17(12-29-25)19-9-20(16-6-5-7-32(13-16)15(2)33)23(27)24-21(19)10-22(30-24)26(34)31(3)4/h6,8-12,30H,5,7,13H2,1-4H3,(H,28,29). The number of fused-ring (bicyclic) bond motifs is 2. The van der Waals surface area contributed by atoms with Crippen LogP contribution in [0.25, 0.3) is 38.6 Å². The van der Waals surface area contributed by atoms with Gasteiger partial charge in [-0.05, 0) is 48.2 Å². The molecule has 0 aliphatic carbocycles. The van der Waals surface area contributed by atoms with Crippen LogP contribution in [-0.2, 0) is 4.79 Å². The van der Waals surface area contributed by atoms with Crippen LogP contribution in [0.2, 0.25) is 0 Å². The van der Waals surface area contributed by atoms with Gasteiger partial charge in [0, 0.05) is 68.4 Å². The van der Waals surface area contributed by atoms with Crippen molar-refractivity contribution in [3.8, 4) is 11.1 Å². The number of aromatic nitrogens is 3. The van der Waals surface area contributed by atoms with Gasteiger partial charge in [0.15, 0.2) is 5.82 Å². The first-order chi connectivity index (χ1) is 16.2. The average Bonchev–Trinajstić information content (AvgIpc) is 3.43. The van der Waals surface area contributed by atoms with Crippen LogP contribution in [0, 0.1) is 12.7 Å². The third kappa shape index (κ3) is 3.55. The maximum atomic E-state index is 15.9. The summed E-state index contributed by atoms with van der Waals surface area (Å²) in [5.74, 6) is -0.707. The molecule has 0 unspecified atom stereocenters. The van der Waals surface area contributed by atoms with Gasteiger partial charge in [-0.2, -0.15) is 0 Å². The van der Waals surface area contributed by atoms with E-state index in [1.807, 2.05) is 31.3 Å². The molecule has 5 rings (SSSR count). The molecule has 7 nitrogen and oxygen atoms in total. The fraction of sp³-hybridized carbons (Fsp3) is 0.269. The highest BCUT2D eigenvalue weighted by Crippen LogP contribution is 2.37. The molecule has 174 valence electrons. The van der Waals surface area contributed by atoms with E-state index >= 15 is 4.39 Å². The van der Waals surface area contributed by atoms with Crippen LogP contribution in [0.3, 0.4) is 0 Å². The lowest BCUT2D eigenvalue weighted by atomic mass is 9.93. The summed E-state index contributed by atoms with van der Waals surface area (Å²) >= 11 is 0. The molecule has 0 saturated carbocycles. The lowest BCUT2D eigenvalue weighted by Crippen LogP contribution is -2.33. The fourth-order valence-electron chi connectivity index (χ4n) is 4.58. The highest BCUT2D eigenvalue weighted by Gasteiger charge is 2.24. The minimum Gasteiger partial charge on any atom is -0.348 e. The largest absolute Gasteiger partial charge is 0.348 e. The molecule has 8 heteroatoms. The topological polar surface area (TPSA) is 85.1 Å². The molecule has 0 saturated heterocycles. The van der Waals surface area contributed by atoms with Gasteiger partial charge in [-0.25, -0.2) is 9.37 Å². The number of carbonyl (C=O) groups excluding carboxylic acids is 2. The van der Waals surface area contributed by atoms with Gasteiger partial charge < -0.3 is 19.8 Å². The summed E-state index contributed by atoms with van der Waals surface area (Å²) in [6, 6.07) is 5.54. The maximum Gasteiger partial charge on any atom is 0.269 e. The van der Waals surface area contributed by atoms with Gasteiger partial charge in [0.2, 0.25) is 5.91 Å². The third-order valence-electron chi connectivity index (χ3n) is 6.48. The van der Waals surface area contributed by atoms with E-state index < -0.39 is 5.82 Å². The first-order valence-corrected chi connectivity index (χ1v) is 11.2. The number of halogens is 1. The van der Waals surface area contributed by atoms with Crippen molar-refractivity contribution in [3.05, 3.63) is 59.3 Å². The summed E-state index contributed by atoms with van der Waals surface area (Å²) in [6.07, 6.45) is 6.31. The van der Waals surface area contributed by atoms with Crippen molar-refractivity contribution >= 4 is 39.3 Å². The zero-order valence-corrected chi connectivity index (χ0v) is 19.6. The summed E-state index contributed by atoms with van der Waals surface area (Å²) in [5.41, 5.74) is 5.20. The second-order valence-electron chi connectivity index (χ2n) is 9.01. The maximum absolute atomic E-state index is 15.9. The summed E-state index contributed by atoms with van der Waals surface area (Å²) in [5, 5.41) is 1.59. The van der Waals surface area contributed by atoms with Gasteiger partial charge in [-0.1, -0.05) is 6.08 Å². The molecule has 2 amide bonds. The Labute approximate surface area is 196 Å². The van der Waals surface area contributed by atoms with Crippen molar-refractivity contribution in [3.63, 3.8) is 0 Å². The number of benzene rings is 1. The number of nitrogens with one attached hydrogen (secondary N) is 2. The van der Waals surface area contributed by atoms with Gasteiger partial charge >= 0.3 is 0 Å². The quantitative estimate of drug-likeness (QED) is 0.473. The summed E-state index contributed by atoms with van der Waals surface area (Å²) in [7, 11) is 3.32. The average molecular weight is 460 g/mol. The normalized spacial score (nSPS) is 14.0. The van der Waals surface area contributed by atoms with Crippen LogP contribution in [0.4, 0.5) is 4.39 Å². The molecule has 34 heavy (non-hydrogen) atoms. The van der Waals surface area contributed by atoms with Crippen LogP contribution in [0.15, 0.2) is 36.7 Å². The molecular weight excluding hydrogens is 433 g/mol. The molecule has 0 spiro atoms. The van der Waals surface area contributed by atoms with Crippen molar-refractivity contribution in [2.45, 2.75) is 20.3 Å². The highest BCUT2D eigenvalue weighted by atomic mass is 19.1. The number of nitrogens with zero attached hydrogens (tertiary/aromatic N) is 3. The molecular formula is C26H26FN5O2. The molecule has 4 heterocycles. The van der Waals surface area contributed by atoms with E-state index in [0.29, 0.717) is 36.2 Å². The van der Waals surface area contributed by atoms with Crippen molar-refractivity contribution in [1.82, 2.24) is 24.8 Å². The zero-order chi connectivity index (χ0) is 24.1. The fourth-order valence-corrected chi connectivity index (χ4v) is 4.58. The van der Waals surface area contributed by atoms with Gasteiger partial charge in [-0.3, -0.25) is 9.59 Å². The van der Waals surface area contributed by atoms with Gasteiger partial charge in [0.25, 0.3) is 5.91 Å². The zero-order valence-electron chi connectivity index (χ0n) is 19.6. The molecule has 0 atom stereocenters.